The zero-order chi connectivity index (χ0) is 14.8. The van der Waals surface area contributed by atoms with Crippen LogP contribution in [0.25, 0.3) is 0 Å². The zero-order valence-corrected chi connectivity index (χ0v) is 12.3. The van der Waals surface area contributed by atoms with E-state index < -0.39 is 11.1 Å². The molecule has 1 saturated carbocycles. The van der Waals surface area contributed by atoms with Crippen molar-refractivity contribution in [1.29, 1.82) is 0 Å². The lowest BCUT2D eigenvalue weighted by atomic mass is 9.76. The third-order valence-corrected chi connectivity index (χ3v) is 4.78. The molecule has 0 aromatic heterocycles. The third-order valence-electron chi connectivity index (χ3n) is 4.78. The van der Waals surface area contributed by atoms with Crippen LogP contribution in [0.3, 0.4) is 0 Å². The molecule has 114 valence electrons. The lowest BCUT2D eigenvalue weighted by Gasteiger charge is -2.40. The van der Waals surface area contributed by atoms with E-state index >= 15 is 0 Å². The van der Waals surface area contributed by atoms with Crippen LogP contribution in [0.4, 0.5) is 0 Å². The maximum Gasteiger partial charge on any atom is 0.252 e. The van der Waals surface area contributed by atoms with Crippen molar-refractivity contribution in [3.8, 4) is 0 Å². The highest BCUT2D eigenvalue weighted by molar-refractivity contribution is 5.96. The van der Waals surface area contributed by atoms with Crippen LogP contribution >= 0.6 is 0 Å². The fourth-order valence-electron chi connectivity index (χ4n) is 3.10. The van der Waals surface area contributed by atoms with Crippen LogP contribution in [-0.2, 0) is 9.53 Å². The Morgan fingerprint density at radius 1 is 1.40 bits per heavy atom. The molecule has 2 aliphatic rings. The van der Waals surface area contributed by atoms with E-state index in [0.29, 0.717) is 31.8 Å². The number of hydrogen-bond donors (Lipinski definition) is 3. The average molecular weight is 283 g/mol. The minimum absolute atomic E-state index is 0.0966. The molecule has 2 rings (SSSR count). The zero-order valence-electron chi connectivity index (χ0n) is 12.3. The van der Waals surface area contributed by atoms with Crippen molar-refractivity contribution >= 4 is 11.7 Å². The van der Waals surface area contributed by atoms with Gasteiger partial charge >= 0.3 is 0 Å². The molecule has 6 nitrogen and oxygen atoms in total. The molecular weight excluding hydrogens is 258 g/mol. The second kappa shape index (κ2) is 5.60. The number of amides is 1. The van der Waals surface area contributed by atoms with Crippen molar-refractivity contribution in [3.63, 3.8) is 0 Å². The Hall–Kier alpha value is -1.30. The summed E-state index contributed by atoms with van der Waals surface area (Å²) in [6.45, 7) is 4.59. The highest BCUT2D eigenvalue weighted by Gasteiger charge is 2.45. The van der Waals surface area contributed by atoms with Gasteiger partial charge in [-0.2, -0.15) is 0 Å². The fraction of sp³-hybridized carbons (Fsp3) is 0.857. The standard InChI is InChI=1S/C14H25N3O3/c1-10-4-7-14(8-5-10,11(15)17-19)16-12(18)13(2)6-3-9-20-13/h10,19H,3-9H2,1-2H3,(H2,15,17)(H,16,18). The van der Waals surface area contributed by atoms with Gasteiger partial charge in [0.25, 0.3) is 5.91 Å². The Balaban J connectivity index is 2.14. The predicted octanol–water partition coefficient (Wildman–Crippen LogP) is 1.37. The Morgan fingerprint density at radius 2 is 2.05 bits per heavy atom. The van der Waals surface area contributed by atoms with Gasteiger partial charge in [0.15, 0.2) is 5.84 Å². The van der Waals surface area contributed by atoms with Crippen molar-refractivity contribution in [1.82, 2.24) is 5.32 Å². The molecule has 20 heavy (non-hydrogen) atoms. The first-order chi connectivity index (χ1) is 9.42. The van der Waals surface area contributed by atoms with E-state index in [2.05, 4.69) is 17.4 Å². The lowest BCUT2D eigenvalue weighted by molar-refractivity contribution is -0.141. The molecule has 1 atom stereocenters. The molecule has 1 saturated heterocycles. The summed E-state index contributed by atoms with van der Waals surface area (Å²) in [4.78, 5) is 12.5. The van der Waals surface area contributed by atoms with E-state index in [1.165, 1.54) is 0 Å². The Labute approximate surface area is 119 Å². The van der Waals surface area contributed by atoms with Crippen molar-refractivity contribution in [3.05, 3.63) is 0 Å². The third kappa shape index (κ3) is 2.75. The van der Waals surface area contributed by atoms with Gasteiger partial charge in [0, 0.05) is 6.61 Å². The minimum Gasteiger partial charge on any atom is -0.409 e. The first-order valence-corrected chi connectivity index (χ1v) is 7.36. The van der Waals surface area contributed by atoms with E-state index in [4.69, 9.17) is 15.7 Å². The van der Waals surface area contributed by atoms with Gasteiger partial charge in [0.1, 0.15) is 11.1 Å². The van der Waals surface area contributed by atoms with Gasteiger partial charge in [-0.1, -0.05) is 12.1 Å². The maximum absolute atomic E-state index is 12.5. The van der Waals surface area contributed by atoms with Gasteiger partial charge in [-0.3, -0.25) is 4.79 Å². The Morgan fingerprint density at radius 3 is 2.55 bits per heavy atom. The van der Waals surface area contributed by atoms with Gasteiger partial charge in [0.2, 0.25) is 0 Å². The quantitative estimate of drug-likeness (QED) is 0.315. The van der Waals surface area contributed by atoms with Crippen molar-refractivity contribution in [2.45, 2.75) is 63.5 Å². The monoisotopic (exact) mass is 283 g/mol. The number of nitrogens with two attached hydrogens (primary N) is 1. The van der Waals surface area contributed by atoms with Crippen LogP contribution in [0.5, 0.6) is 0 Å². The first-order valence-electron chi connectivity index (χ1n) is 7.36. The Kier molecular flexibility index (Phi) is 4.22. The molecule has 0 radical (unpaired) electrons. The second-order valence-electron chi connectivity index (χ2n) is 6.39. The summed E-state index contributed by atoms with van der Waals surface area (Å²) in [5.74, 6) is 0.542. The predicted molar refractivity (Wildman–Crippen MR) is 75.5 cm³/mol. The number of oxime groups is 1. The topological polar surface area (TPSA) is 96.9 Å². The largest absolute Gasteiger partial charge is 0.409 e. The number of nitrogens with one attached hydrogen (secondary N) is 1. The summed E-state index contributed by atoms with van der Waals surface area (Å²) in [5.41, 5.74) is 4.35. The molecular formula is C14H25N3O3. The van der Waals surface area contributed by atoms with Gasteiger partial charge in [-0.25, -0.2) is 0 Å². The summed E-state index contributed by atoms with van der Waals surface area (Å²) in [5, 5.41) is 15.2. The normalized spacial score (nSPS) is 38.7. The lowest BCUT2D eigenvalue weighted by Crippen LogP contribution is -2.62. The molecule has 0 bridgehead atoms. The van der Waals surface area contributed by atoms with Crippen molar-refractivity contribution in [2.24, 2.45) is 16.8 Å². The number of amidine groups is 1. The van der Waals surface area contributed by atoms with Gasteiger partial charge in [0.05, 0.1) is 0 Å². The smallest absolute Gasteiger partial charge is 0.252 e. The van der Waals surface area contributed by atoms with Gasteiger partial charge < -0.3 is 21.0 Å². The molecule has 1 aliphatic carbocycles. The highest BCUT2D eigenvalue weighted by Crippen LogP contribution is 2.34. The van der Waals surface area contributed by atoms with Crippen LogP contribution in [0.15, 0.2) is 5.16 Å². The van der Waals surface area contributed by atoms with E-state index in [-0.39, 0.29) is 11.7 Å². The number of nitrogens with zero attached hydrogens (tertiary/aromatic N) is 1. The second-order valence-corrected chi connectivity index (χ2v) is 6.39. The van der Waals surface area contributed by atoms with E-state index in [9.17, 15) is 4.79 Å². The van der Waals surface area contributed by atoms with Gasteiger partial charge in [-0.05, 0) is 51.4 Å². The van der Waals surface area contributed by atoms with Crippen LogP contribution in [-0.4, -0.2) is 34.7 Å². The molecule has 1 unspecified atom stereocenters. The summed E-state index contributed by atoms with van der Waals surface area (Å²) in [6, 6.07) is 0. The molecule has 6 heteroatoms. The van der Waals surface area contributed by atoms with E-state index in [1.807, 2.05) is 0 Å². The number of rotatable bonds is 3. The molecule has 0 aromatic carbocycles. The van der Waals surface area contributed by atoms with E-state index in [1.54, 1.807) is 6.92 Å². The molecule has 2 fully saturated rings. The molecule has 4 N–H and O–H groups in total. The number of carbonyl (C=O) groups is 1. The van der Waals surface area contributed by atoms with Crippen molar-refractivity contribution in [2.75, 3.05) is 6.61 Å². The summed E-state index contributed by atoms with van der Waals surface area (Å²) in [6.07, 6.45) is 4.90. The minimum atomic E-state index is -0.786. The van der Waals surface area contributed by atoms with Crippen molar-refractivity contribution < 1.29 is 14.7 Å². The number of carbonyl (C=O) groups excluding carboxylic acids is 1. The first kappa shape index (κ1) is 15.1. The van der Waals surface area contributed by atoms with Crippen LogP contribution < -0.4 is 11.1 Å². The molecule has 1 amide bonds. The van der Waals surface area contributed by atoms with Crippen LogP contribution in [0.2, 0.25) is 0 Å². The van der Waals surface area contributed by atoms with Crippen LogP contribution in [0.1, 0.15) is 52.4 Å². The van der Waals surface area contributed by atoms with E-state index in [0.717, 1.165) is 19.3 Å². The summed E-state index contributed by atoms with van der Waals surface area (Å²) in [7, 11) is 0. The van der Waals surface area contributed by atoms with Gasteiger partial charge in [-0.15, -0.1) is 0 Å². The van der Waals surface area contributed by atoms with Crippen LogP contribution in [0, 0.1) is 5.92 Å². The molecule has 1 aliphatic heterocycles. The maximum atomic E-state index is 12.5. The SMILES string of the molecule is CC1CCC(NC(=O)C2(C)CCCO2)(C(N)=NO)CC1. The molecule has 1 heterocycles. The average Bonchev–Trinajstić information content (AvgIpc) is 2.89. The Bertz CT molecular complexity index is 394. The summed E-state index contributed by atoms with van der Waals surface area (Å²) >= 11 is 0. The highest BCUT2D eigenvalue weighted by atomic mass is 16.5. The summed E-state index contributed by atoms with van der Waals surface area (Å²) < 4.78 is 5.57. The molecule has 0 aromatic rings. The fourth-order valence-corrected chi connectivity index (χ4v) is 3.10. The molecule has 0 spiro atoms. The number of hydrogen-bond acceptors (Lipinski definition) is 4. The number of ether oxygens (including phenoxy) is 1.